The van der Waals surface area contributed by atoms with Gasteiger partial charge in [-0.15, -0.1) is 0 Å². The van der Waals surface area contributed by atoms with E-state index in [4.69, 9.17) is 22.1 Å². The number of hydrogen-bond donors (Lipinski definition) is 6. The molecule has 1 saturated carbocycles. The molecule has 0 radical (unpaired) electrons. The van der Waals surface area contributed by atoms with E-state index in [2.05, 4.69) is 32.5 Å². The molecule has 1 aliphatic carbocycles. The van der Waals surface area contributed by atoms with Crippen LogP contribution in [-0.2, 0) is 4.74 Å². The molecule has 7 atom stereocenters. The highest BCUT2D eigenvalue weighted by Gasteiger charge is 2.48. The number of aliphatic imine (C=N–C) groups is 2. The van der Waals surface area contributed by atoms with Gasteiger partial charge in [0.05, 0.1) is 0 Å². The number of aliphatic hydroxyl groups is 3. The summed E-state index contributed by atoms with van der Waals surface area (Å²) < 4.78 is 5.28. The fourth-order valence-corrected chi connectivity index (χ4v) is 4.14. The van der Waals surface area contributed by atoms with E-state index in [9.17, 15) is 15.3 Å². The second-order valence-corrected chi connectivity index (χ2v) is 7.92. The molecule has 2 heterocycles. The molecule has 0 bridgehead atoms. The number of methoxy groups -OCH3 is 1. The molecular weight excluding hydrogens is 386 g/mol. The minimum Gasteiger partial charge on any atom is -0.396 e. The zero-order chi connectivity index (χ0) is 20.3. The quantitative estimate of drug-likeness (QED) is 0.254. The van der Waals surface area contributed by atoms with Crippen molar-refractivity contribution in [3.05, 3.63) is 0 Å². The summed E-state index contributed by atoms with van der Waals surface area (Å²) in [5.41, 5.74) is 4.13. The van der Waals surface area contributed by atoms with Gasteiger partial charge in [-0.1, -0.05) is 23.4 Å². The van der Waals surface area contributed by atoms with Gasteiger partial charge in [0, 0.05) is 32.1 Å². The molecule has 7 N–H and O–H groups in total. The molecule has 2 aliphatic heterocycles. The van der Waals surface area contributed by atoms with Crippen molar-refractivity contribution in [1.29, 1.82) is 0 Å². The van der Waals surface area contributed by atoms with E-state index in [1.165, 1.54) is 0 Å². The largest absolute Gasteiger partial charge is 0.396 e. The number of piperidine rings is 1. The maximum atomic E-state index is 10.8. The molecule has 10 heteroatoms. The Bertz CT molecular complexity index is 685. The van der Waals surface area contributed by atoms with E-state index >= 15 is 0 Å². The standard InChI is InChI=1S/C18H28ClN5O4/c1-28-13-5-3-10(8-21-13)2-4-12-15(19)22-17(20)23-16(12)24-18(27)7-6-11(9-25)14(18)26/h10-14,16,21,24-27H,3,5-9H2,1H3,(H2,20,23). The third kappa shape index (κ3) is 4.66. The number of guanidine groups is 1. The summed E-state index contributed by atoms with van der Waals surface area (Å²) in [6.07, 6.45) is 0.680. The highest BCUT2D eigenvalue weighted by molar-refractivity contribution is 6.67. The molecule has 0 amide bonds. The number of rotatable bonds is 4. The lowest BCUT2D eigenvalue weighted by Crippen LogP contribution is -2.59. The highest BCUT2D eigenvalue weighted by Crippen LogP contribution is 2.34. The van der Waals surface area contributed by atoms with Gasteiger partial charge in [0.15, 0.2) is 0 Å². The van der Waals surface area contributed by atoms with Crippen molar-refractivity contribution in [2.45, 2.75) is 49.9 Å². The number of nitrogens with two attached hydrogens (primary N) is 1. The Morgan fingerprint density at radius 2 is 2.18 bits per heavy atom. The number of hydrogen-bond acceptors (Lipinski definition) is 9. The van der Waals surface area contributed by atoms with Crippen LogP contribution in [0.15, 0.2) is 9.98 Å². The van der Waals surface area contributed by atoms with E-state index in [0.717, 1.165) is 12.8 Å². The minimum atomic E-state index is -1.60. The van der Waals surface area contributed by atoms with E-state index < -0.39 is 29.8 Å². The number of ether oxygens (including phenoxy) is 1. The normalized spacial score (nSPS) is 41.0. The van der Waals surface area contributed by atoms with Crippen LogP contribution in [0.5, 0.6) is 0 Å². The van der Waals surface area contributed by atoms with Crippen LogP contribution in [0.3, 0.4) is 0 Å². The summed E-state index contributed by atoms with van der Waals surface area (Å²) in [6, 6.07) is 0. The van der Waals surface area contributed by atoms with Gasteiger partial charge in [-0.05, 0) is 25.7 Å². The molecule has 2 fully saturated rings. The van der Waals surface area contributed by atoms with Crippen molar-refractivity contribution in [3.63, 3.8) is 0 Å². The summed E-state index contributed by atoms with van der Waals surface area (Å²) >= 11 is 6.29. The van der Waals surface area contributed by atoms with Crippen molar-refractivity contribution in [1.82, 2.24) is 10.6 Å². The number of halogens is 1. The van der Waals surface area contributed by atoms with Crippen LogP contribution in [0.25, 0.3) is 0 Å². The van der Waals surface area contributed by atoms with E-state index in [1.807, 2.05) is 0 Å². The van der Waals surface area contributed by atoms with Crippen LogP contribution >= 0.6 is 11.6 Å². The Morgan fingerprint density at radius 1 is 1.39 bits per heavy atom. The summed E-state index contributed by atoms with van der Waals surface area (Å²) in [7, 11) is 1.67. The number of nitrogens with one attached hydrogen (secondary N) is 2. The zero-order valence-electron chi connectivity index (χ0n) is 15.8. The molecule has 9 nitrogen and oxygen atoms in total. The van der Waals surface area contributed by atoms with Gasteiger partial charge in [-0.2, -0.15) is 0 Å². The third-order valence-corrected chi connectivity index (χ3v) is 5.95. The van der Waals surface area contributed by atoms with Gasteiger partial charge < -0.3 is 25.8 Å². The maximum absolute atomic E-state index is 10.8. The molecule has 0 aromatic rings. The Labute approximate surface area is 169 Å². The fraction of sp³-hybridized carbons (Fsp3) is 0.778. The van der Waals surface area contributed by atoms with Crippen molar-refractivity contribution >= 4 is 22.7 Å². The van der Waals surface area contributed by atoms with Crippen molar-refractivity contribution in [2.75, 3.05) is 20.3 Å². The van der Waals surface area contributed by atoms with E-state index in [1.54, 1.807) is 7.11 Å². The molecule has 1 saturated heterocycles. The predicted molar refractivity (Wildman–Crippen MR) is 105 cm³/mol. The smallest absolute Gasteiger partial charge is 0.218 e. The lowest BCUT2D eigenvalue weighted by Gasteiger charge is -2.35. The van der Waals surface area contributed by atoms with Gasteiger partial charge in [-0.25, -0.2) is 9.98 Å². The minimum absolute atomic E-state index is 0.0161. The lowest BCUT2D eigenvalue weighted by molar-refractivity contribution is -0.102. The van der Waals surface area contributed by atoms with Crippen LogP contribution in [0.4, 0.5) is 0 Å². The molecule has 0 aromatic carbocycles. The first-order valence-electron chi connectivity index (χ1n) is 9.50. The van der Waals surface area contributed by atoms with Crippen molar-refractivity contribution in [2.24, 2.45) is 33.5 Å². The zero-order valence-corrected chi connectivity index (χ0v) is 16.6. The Kier molecular flexibility index (Phi) is 6.94. The maximum Gasteiger partial charge on any atom is 0.218 e. The molecular formula is C18H28ClN5O4. The summed E-state index contributed by atoms with van der Waals surface area (Å²) in [6.45, 7) is 0.501. The Hall–Kier alpha value is -1.25. The van der Waals surface area contributed by atoms with Crippen LogP contribution in [0.1, 0.15) is 25.7 Å². The van der Waals surface area contributed by atoms with Gasteiger partial charge in [0.2, 0.25) is 5.96 Å². The Morgan fingerprint density at radius 3 is 2.79 bits per heavy atom. The first-order valence-corrected chi connectivity index (χ1v) is 9.87. The number of nitrogens with zero attached hydrogens (tertiary/aromatic N) is 2. The average molecular weight is 414 g/mol. The summed E-state index contributed by atoms with van der Waals surface area (Å²) in [5, 5.41) is 37.0. The topological polar surface area (TPSA) is 145 Å². The second-order valence-electron chi connectivity index (χ2n) is 7.53. The van der Waals surface area contributed by atoms with Crippen LogP contribution in [0.2, 0.25) is 0 Å². The first kappa shape index (κ1) is 21.5. The summed E-state index contributed by atoms with van der Waals surface area (Å²) in [4.78, 5) is 8.24. The van der Waals surface area contributed by atoms with Crippen molar-refractivity contribution < 1.29 is 20.1 Å². The van der Waals surface area contributed by atoms with E-state index in [-0.39, 0.29) is 36.3 Å². The van der Waals surface area contributed by atoms with Crippen molar-refractivity contribution in [3.8, 4) is 11.8 Å². The molecule has 3 rings (SSSR count). The van der Waals surface area contributed by atoms with Gasteiger partial charge in [-0.3, -0.25) is 10.6 Å². The van der Waals surface area contributed by atoms with Gasteiger partial charge >= 0.3 is 0 Å². The van der Waals surface area contributed by atoms with Gasteiger partial charge in [0.1, 0.15) is 35.3 Å². The SMILES string of the molecule is COC1CCC(C#CC2C(Cl)=NC(N)=NC2NC2(O)CCC(CO)C2O)CN1. The number of aliphatic hydroxyl groups excluding tert-OH is 2. The predicted octanol–water partition coefficient (Wildman–Crippen LogP) is -1.09. The molecule has 0 aromatic heterocycles. The lowest BCUT2D eigenvalue weighted by atomic mass is 9.97. The van der Waals surface area contributed by atoms with Crippen LogP contribution in [0, 0.1) is 29.6 Å². The second kappa shape index (κ2) is 9.05. The average Bonchev–Trinajstić information content (AvgIpc) is 2.95. The monoisotopic (exact) mass is 413 g/mol. The van der Waals surface area contributed by atoms with Crippen LogP contribution in [-0.4, -0.2) is 70.9 Å². The third-order valence-electron chi connectivity index (χ3n) is 5.63. The first-order chi connectivity index (χ1) is 13.4. The fourth-order valence-electron chi connectivity index (χ4n) is 3.88. The summed E-state index contributed by atoms with van der Waals surface area (Å²) in [5.74, 6) is 5.45. The molecule has 0 spiro atoms. The molecule has 28 heavy (non-hydrogen) atoms. The Balaban J connectivity index is 1.72. The van der Waals surface area contributed by atoms with E-state index in [0.29, 0.717) is 13.0 Å². The van der Waals surface area contributed by atoms with Crippen LogP contribution < -0.4 is 16.4 Å². The highest BCUT2D eigenvalue weighted by atomic mass is 35.5. The molecule has 7 unspecified atom stereocenters. The van der Waals surface area contributed by atoms with Gasteiger partial charge in [0.25, 0.3) is 0 Å². The molecule has 3 aliphatic rings. The molecule has 156 valence electrons.